The van der Waals surface area contributed by atoms with E-state index in [4.69, 9.17) is 28.4 Å². The van der Waals surface area contributed by atoms with E-state index in [1.54, 1.807) is 0 Å². The summed E-state index contributed by atoms with van der Waals surface area (Å²) in [5.41, 5.74) is -0.224. The summed E-state index contributed by atoms with van der Waals surface area (Å²) >= 11 is 0. The third-order valence-electron chi connectivity index (χ3n) is 3.58. The van der Waals surface area contributed by atoms with Gasteiger partial charge >= 0.3 is 23.9 Å². The minimum Gasteiger partial charge on any atom is -0.461 e. The van der Waals surface area contributed by atoms with Gasteiger partial charge in [0.1, 0.15) is 13.2 Å². The van der Waals surface area contributed by atoms with Gasteiger partial charge in [0.2, 0.25) is 0 Å². The second-order valence-electron chi connectivity index (χ2n) is 6.39. The highest BCUT2D eigenvalue weighted by Crippen LogP contribution is 2.03. The van der Waals surface area contributed by atoms with Crippen molar-refractivity contribution < 1.29 is 47.6 Å². The third kappa shape index (κ3) is 18.1. The van der Waals surface area contributed by atoms with Crippen LogP contribution in [0.2, 0.25) is 0 Å². The zero-order chi connectivity index (χ0) is 23.3. The molecule has 10 heteroatoms. The van der Waals surface area contributed by atoms with E-state index >= 15 is 0 Å². The minimum atomic E-state index is -0.945. The van der Waals surface area contributed by atoms with Crippen molar-refractivity contribution >= 4 is 23.9 Å². The van der Waals surface area contributed by atoms with Gasteiger partial charge in [0, 0.05) is 18.8 Å². The molecule has 178 valence electrons. The summed E-state index contributed by atoms with van der Waals surface area (Å²) < 4.78 is 29.5. The van der Waals surface area contributed by atoms with E-state index in [0.717, 1.165) is 25.7 Å². The highest BCUT2D eigenvalue weighted by Gasteiger charge is 2.17. The number of unbranched alkanes of at least 4 members (excludes halogenated alkanes) is 2. The first kappa shape index (κ1) is 28.5. The number of rotatable bonds is 19. The van der Waals surface area contributed by atoms with Gasteiger partial charge in [0.15, 0.2) is 13.2 Å². The molecular weight excluding hydrogens is 412 g/mol. The molecule has 0 unspecified atom stereocenters. The van der Waals surface area contributed by atoms with Crippen LogP contribution in [-0.4, -0.2) is 76.7 Å². The second kappa shape index (κ2) is 19.5. The Morgan fingerprint density at radius 2 is 1.10 bits per heavy atom. The fourth-order valence-corrected chi connectivity index (χ4v) is 1.87. The van der Waals surface area contributed by atoms with Gasteiger partial charge in [-0.3, -0.25) is 4.79 Å². The van der Waals surface area contributed by atoms with E-state index in [-0.39, 0.29) is 32.0 Å². The Kier molecular flexibility index (Phi) is 18.0. The molecule has 31 heavy (non-hydrogen) atoms. The SMILES string of the molecule is C=C(CC(=O)OCC(=O)OCCOCCCC)C(=O)OCC(=O)OCCOCCCC. The molecule has 0 saturated carbocycles. The molecule has 0 aromatic carbocycles. The van der Waals surface area contributed by atoms with Crippen molar-refractivity contribution in [3.63, 3.8) is 0 Å². The maximum atomic E-state index is 11.8. The average Bonchev–Trinajstić information content (AvgIpc) is 2.75. The largest absolute Gasteiger partial charge is 0.461 e. The predicted octanol–water partition coefficient (Wildman–Crippen LogP) is 1.74. The van der Waals surface area contributed by atoms with E-state index in [2.05, 4.69) is 6.58 Å². The number of carbonyl (C=O) groups excluding carboxylic acids is 4. The smallest absolute Gasteiger partial charge is 0.344 e. The molecule has 0 heterocycles. The first-order valence-corrected chi connectivity index (χ1v) is 10.4. The summed E-state index contributed by atoms with van der Waals surface area (Å²) in [4.78, 5) is 46.4. The molecule has 0 N–H and O–H groups in total. The molecule has 0 rings (SSSR count). The van der Waals surface area contributed by atoms with Crippen molar-refractivity contribution in [2.24, 2.45) is 0 Å². The summed E-state index contributed by atoms with van der Waals surface area (Å²) in [5.74, 6) is -3.28. The molecule has 0 radical (unpaired) electrons. The van der Waals surface area contributed by atoms with E-state index in [0.29, 0.717) is 13.2 Å². The Hall–Kier alpha value is -2.46. The number of esters is 4. The molecule has 0 aromatic heterocycles. The summed E-state index contributed by atoms with van der Waals surface area (Å²) in [6.07, 6.45) is 3.37. The lowest BCUT2D eigenvalue weighted by molar-refractivity contribution is -0.160. The van der Waals surface area contributed by atoms with Crippen LogP contribution in [0, 0.1) is 0 Å². The van der Waals surface area contributed by atoms with Crippen LogP contribution in [0.5, 0.6) is 0 Å². The fraction of sp³-hybridized carbons (Fsp3) is 0.714. The van der Waals surface area contributed by atoms with Crippen LogP contribution < -0.4 is 0 Å². The van der Waals surface area contributed by atoms with Gasteiger partial charge in [-0.05, 0) is 12.8 Å². The Morgan fingerprint density at radius 3 is 1.58 bits per heavy atom. The standard InChI is InChI=1S/C21H34O10/c1-4-6-8-26-10-12-28-19(23)15-30-18(22)14-17(3)21(25)31-16-20(24)29-13-11-27-9-7-5-2/h3-16H2,1-2H3. The van der Waals surface area contributed by atoms with Gasteiger partial charge in [0.25, 0.3) is 0 Å². The Bertz CT molecular complexity index is 558. The minimum absolute atomic E-state index is 0.0499. The van der Waals surface area contributed by atoms with Gasteiger partial charge in [-0.25, -0.2) is 14.4 Å². The summed E-state index contributed by atoms with van der Waals surface area (Å²) in [5, 5.41) is 0. The van der Waals surface area contributed by atoms with Crippen LogP contribution in [-0.2, 0) is 47.6 Å². The predicted molar refractivity (Wildman–Crippen MR) is 109 cm³/mol. The highest BCUT2D eigenvalue weighted by molar-refractivity contribution is 5.94. The normalized spacial score (nSPS) is 10.3. The van der Waals surface area contributed by atoms with Crippen LogP contribution in [0.25, 0.3) is 0 Å². The Labute approximate surface area is 183 Å². The molecule has 0 aliphatic carbocycles. The van der Waals surface area contributed by atoms with Gasteiger partial charge in [-0.1, -0.05) is 33.3 Å². The Morgan fingerprint density at radius 1 is 0.613 bits per heavy atom. The molecule has 0 atom stereocenters. The monoisotopic (exact) mass is 446 g/mol. The maximum absolute atomic E-state index is 11.8. The molecule has 0 aliphatic rings. The number of carbonyl (C=O) groups is 4. The quantitative estimate of drug-likeness (QED) is 0.125. The summed E-state index contributed by atoms with van der Waals surface area (Å²) in [6.45, 7) is 8.07. The van der Waals surface area contributed by atoms with Crippen molar-refractivity contribution in [3.8, 4) is 0 Å². The molecule has 0 saturated heterocycles. The van der Waals surface area contributed by atoms with Crippen molar-refractivity contribution in [1.82, 2.24) is 0 Å². The first-order chi connectivity index (χ1) is 14.9. The zero-order valence-electron chi connectivity index (χ0n) is 18.5. The van der Waals surface area contributed by atoms with Gasteiger partial charge in [-0.15, -0.1) is 0 Å². The lowest BCUT2D eigenvalue weighted by Crippen LogP contribution is -2.21. The van der Waals surface area contributed by atoms with Crippen LogP contribution in [0.3, 0.4) is 0 Å². The molecule has 0 spiro atoms. The zero-order valence-corrected chi connectivity index (χ0v) is 18.5. The lowest BCUT2D eigenvalue weighted by atomic mass is 10.2. The van der Waals surface area contributed by atoms with E-state index in [1.807, 2.05) is 13.8 Å². The average molecular weight is 446 g/mol. The highest BCUT2D eigenvalue weighted by atomic mass is 16.6. The van der Waals surface area contributed by atoms with Crippen LogP contribution in [0.1, 0.15) is 46.0 Å². The number of hydrogen-bond donors (Lipinski definition) is 0. The van der Waals surface area contributed by atoms with Crippen LogP contribution in [0.15, 0.2) is 12.2 Å². The van der Waals surface area contributed by atoms with Crippen molar-refractivity contribution in [3.05, 3.63) is 12.2 Å². The molecular formula is C21H34O10. The molecule has 0 amide bonds. The van der Waals surface area contributed by atoms with Crippen molar-refractivity contribution in [2.45, 2.75) is 46.0 Å². The fourth-order valence-electron chi connectivity index (χ4n) is 1.87. The molecule has 0 aromatic rings. The summed E-state index contributed by atoms with van der Waals surface area (Å²) in [6, 6.07) is 0. The molecule has 0 bridgehead atoms. The second-order valence-corrected chi connectivity index (χ2v) is 6.39. The maximum Gasteiger partial charge on any atom is 0.344 e. The Balaban J connectivity index is 3.83. The number of hydrogen-bond acceptors (Lipinski definition) is 10. The first-order valence-electron chi connectivity index (χ1n) is 10.4. The molecule has 0 aliphatic heterocycles. The van der Waals surface area contributed by atoms with Crippen molar-refractivity contribution in [1.29, 1.82) is 0 Å². The van der Waals surface area contributed by atoms with Crippen LogP contribution >= 0.6 is 0 Å². The lowest BCUT2D eigenvalue weighted by Gasteiger charge is -2.09. The topological polar surface area (TPSA) is 124 Å². The summed E-state index contributed by atoms with van der Waals surface area (Å²) in [7, 11) is 0. The van der Waals surface area contributed by atoms with E-state index in [1.165, 1.54) is 0 Å². The van der Waals surface area contributed by atoms with Crippen LogP contribution in [0.4, 0.5) is 0 Å². The number of ether oxygens (including phenoxy) is 6. The molecule has 10 nitrogen and oxygen atoms in total. The van der Waals surface area contributed by atoms with Gasteiger partial charge in [-0.2, -0.15) is 0 Å². The molecule has 0 fully saturated rings. The van der Waals surface area contributed by atoms with Crippen molar-refractivity contribution in [2.75, 3.05) is 52.9 Å². The van der Waals surface area contributed by atoms with E-state index in [9.17, 15) is 19.2 Å². The van der Waals surface area contributed by atoms with Gasteiger partial charge in [0.05, 0.1) is 19.6 Å². The van der Waals surface area contributed by atoms with E-state index < -0.39 is 43.5 Å². The third-order valence-corrected chi connectivity index (χ3v) is 3.58. The van der Waals surface area contributed by atoms with Gasteiger partial charge < -0.3 is 28.4 Å².